The Labute approximate surface area is 120 Å². The van der Waals surface area contributed by atoms with Crippen molar-refractivity contribution in [2.45, 2.75) is 0 Å². The SMILES string of the molecule is N#Cc1cc(Nc2cc3c(cc2N)OCCO3)ccc1F. The number of nitrogen functional groups attached to an aromatic ring is 1. The van der Waals surface area contributed by atoms with E-state index in [1.54, 1.807) is 18.2 Å². The van der Waals surface area contributed by atoms with E-state index >= 15 is 0 Å². The third-order valence-corrected chi connectivity index (χ3v) is 3.08. The summed E-state index contributed by atoms with van der Waals surface area (Å²) >= 11 is 0. The molecule has 0 aliphatic carbocycles. The summed E-state index contributed by atoms with van der Waals surface area (Å²) in [5.41, 5.74) is 7.57. The van der Waals surface area contributed by atoms with Crippen molar-refractivity contribution in [1.82, 2.24) is 0 Å². The second kappa shape index (κ2) is 5.21. The number of fused-ring (bicyclic) bond motifs is 1. The van der Waals surface area contributed by atoms with Crippen LogP contribution in [0.2, 0.25) is 0 Å². The molecule has 1 aliphatic heterocycles. The van der Waals surface area contributed by atoms with E-state index in [9.17, 15) is 4.39 Å². The molecule has 1 aliphatic rings. The second-order valence-electron chi connectivity index (χ2n) is 4.51. The number of nitrogens with one attached hydrogen (secondary N) is 1. The zero-order valence-corrected chi connectivity index (χ0v) is 11.0. The van der Waals surface area contributed by atoms with E-state index in [0.717, 1.165) is 0 Å². The van der Waals surface area contributed by atoms with Gasteiger partial charge in [-0.15, -0.1) is 0 Å². The molecule has 6 heteroatoms. The van der Waals surface area contributed by atoms with Crippen LogP contribution in [0.5, 0.6) is 11.5 Å². The van der Waals surface area contributed by atoms with Gasteiger partial charge in [-0.1, -0.05) is 0 Å². The highest BCUT2D eigenvalue weighted by Gasteiger charge is 2.15. The maximum absolute atomic E-state index is 13.3. The topological polar surface area (TPSA) is 80.3 Å². The number of benzene rings is 2. The molecule has 3 N–H and O–H groups in total. The van der Waals surface area contributed by atoms with Crippen molar-refractivity contribution in [2.75, 3.05) is 24.3 Å². The highest BCUT2D eigenvalue weighted by Crippen LogP contribution is 2.38. The van der Waals surface area contributed by atoms with Gasteiger partial charge < -0.3 is 20.5 Å². The Morgan fingerprint density at radius 2 is 1.86 bits per heavy atom. The Hall–Kier alpha value is -2.94. The van der Waals surface area contributed by atoms with Gasteiger partial charge in [-0.3, -0.25) is 0 Å². The minimum absolute atomic E-state index is 0.0314. The summed E-state index contributed by atoms with van der Waals surface area (Å²) < 4.78 is 24.2. The molecule has 0 bridgehead atoms. The molecule has 1 heterocycles. The number of anilines is 3. The summed E-state index contributed by atoms with van der Waals surface area (Å²) in [7, 11) is 0. The minimum Gasteiger partial charge on any atom is -0.486 e. The van der Waals surface area contributed by atoms with Crippen molar-refractivity contribution in [3.63, 3.8) is 0 Å². The van der Waals surface area contributed by atoms with Gasteiger partial charge in [0.2, 0.25) is 0 Å². The Bertz CT molecular complexity index is 740. The van der Waals surface area contributed by atoms with Crippen LogP contribution in [0.4, 0.5) is 21.5 Å². The zero-order valence-electron chi connectivity index (χ0n) is 11.0. The monoisotopic (exact) mass is 285 g/mol. The number of hydrogen-bond donors (Lipinski definition) is 2. The molecule has 3 rings (SSSR count). The van der Waals surface area contributed by atoms with Crippen LogP contribution in [0.1, 0.15) is 5.56 Å². The largest absolute Gasteiger partial charge is 0.486 e. The Balaban J connectivity index is 1.93. The molecule has 5 nitrogen and oxygen atoms in total. The summed E-state index contributed by atoms with van der Waals surface area (Å²) in [4.78, 5) is 0. The average Bonchev–Trinajstić information content (AvgIpc) is 2.50. The molecule has 2 aromatic rings. The van der Waals surface area contributed by atoms with Crippen molar-refractivity contribution >= 4 is 17.1 Å². The third-order valence-electron chi connectivity index (χ3n) is 3.08. The number of nitrogens with two attached hydrogens (primary N) is 1. The first-order chi connectivity index (χ1) is 10.2. The first-order valence-electron chi connectivity index (χ1n) is 6.33. The van der Waals surface area contributed by atoms with Gasteiger partial charge in [0.25, 0.3) is 0 Å². The van der Waals surface area contributed by atoms with Crippen LogP contribution in [0.25, 0.3) is 0 Å². The van der Waals surface area contributed by atoms with Crippen LogP contribution in [-0.2, 0) is 0 Å². The van der Waals surface area contributed by atoms with E-state index in [1.165, 1.54) is 18.2 Å². The van der Waals surface area contributed by atoms with Crippen molar-refractivity contribution in [2.24, 2.45) is 0 Å². The summed E-state index contributed by atoms with van der Waals surface area (Å²) in [5.74, 6) is 0.639. The zero-order chi connectivity index (χ0) is 14.8. The molecule has 0 unspecified atom stereocenters. The Morgan fingerprint density at radius 3 is 2.57 bits per heavy atom. The molecule has 0 atom stereocenters. The minimum atomic E-state index is -0.557. The summed E-state index contributed by atoms with van der Waals surface area (Å²) in [6.07, 6.45) is 0. The number of nitrogens with zero attached hydrogens (tertiary/aromatic N) is 1. The molecular weight excluding hydrogens is 273 g/mol. The van der Waals surface area contributed by atoms with Gasteiger partial charge in [0.1, 0.15) is 25.1 Å². The van der Waals surface area contributed by atoms with Crippen molar-refractivity contribution < 1.29 is 13.9 Å². The van der Waals surface area contributed by atoms with E-state index < -0.39 is 5.82 Å². The van der Waals surface area contributed by atoms with Gasteiger partial charge in [0.05, 0.1) is 16.9 Å². The van der Waals surface area contributed by atoms with Crippen LogP contribution < -0.4 is 20.5 Å². The molecular formula is C15H12FN3O2. The molecule has 106 valence electrons. The second-order valence-corrected chi connectivity index (χ2v) is 4.51. The molecule has 0 amide bonds. The van der Waals surface area contributed by atoms with Crippen LogP contribution >= 0.6 is 0 Å². The first-order valence-corrected chi connectivity index (χ1v) is 6.33. The lowest BCUT2D eigenvalue weighted by molar-refractivity contribution is 0.172. The molecule has 0 spiro atoms. The van der Waals surface area contributed by atoms with Crippen molar-refractivity contribution in [1.29, 1.82) is 5.26 Å². The molecule has 0 aromatic heterocycles. The maximum atomic E-state index is 13.3. The van der Waals surface area contributed by atoms with Gasteiger partial charge in [0, 0.05) is 17.8 Å². The predicted octanol–water partition coefficient (Wildman–Crippen LogP) is 2.79. The fraction of sp³-hybridized carbons (Fsp3) is 0.133. The van der Waals surface area contributed by atoms with Crippen molar-refractivity contribution in [3.8, 4) is 17.6 Å². The van der Waals surface area contributed by atoms with Crippen LogP contribution in [0, 0.1) is 17.1 Å². The number of nitriles is 1. The number of hydrogen-bond acceptors (Lipinski definition) is 5. The normalized spacial score (nSPS) is 12.6. The Kier molecular flexibility index (Phi) is 3.24. The highest BCUT2D eigenvalue weighted by atomic mass is 19.1. The molecule has 0 radical (unpaired) electrons. The summed E-state index contributed by atoms with van der Waals surface area (Å²) in [6.45, 7) is 0.966. The van der Waals surface area contributed by atoms with Gasteiger partial charge in [-0.05, 0) is 18.2 Å². The van der Waals surface area contributed by atoms with Crippen molar-refractivity contribution in [3.05, 3.63) is 41.7 Å². The standard InChI is InChI=1S/C15H12FN3O2/c16-11-2-1-10(5-9(11)8-17)19-13-7-15-14(6-12(13)18)20-3-4-21-15/h1-2,5-7,19H,3-4,18H2. The highest BCUT2D eigenvalue weighted by molar-refractivity contribution is 5.77. The third kappa shape index (κ3) is 2.54. The lowest BCUT2D eigenvalue weighted by Crippen LogP contribution is -2.15. The van der Waals surface area contributed by atoms with Crippen LogP contribution in [0.15, 0.2) is 30.3 Å². The van der Waals surface area contributed by atoms with Gasteiger partial charge in [0.15, 0.2) is 11.5 Å². The Morgan fingerprint density at radius 1 is 1.14 bits per heavy atom. The first kappa shape index (κ1) is 13.1. The van der Waals surface area contributed by atoms with E-state index in [4.69, 9.17) is 20.5 Å². The number of rotatable bonds is 2. The van der Waals surface area contributed by atoms with Gasteiger partial charge in [-0.2, -0.15) is 5.26 Å². The molecule has 0 saturated heterocycles. The molecule has 2 aromatic carbocycles. The van der Waals surface area contributed by atoms with Crippen LogP contribution in [-0.4, -0.2) is 13.2 Å². The lowest BCUT2D eigenvalue weighted by atomic mass is 10.2. The summed E-state index contributed by atoms with van der Waals surface area (Å²) in [5, 5.41) is 11.9. The number of ether oxygens (including phenoxy) is 2. The van der Waals surface area contributed by atoms with E-state index in [1.807, 2.05) is 0 Å². The predicted molar refractivity (Wildman–Crippen MR) is 76.2 cm³/mol. The molecule has 0 fully saturated rings. The van der Waals surface area contributed by atoms with E-state index in [-0.39, 0.29) is 5.56 Å². The molecule has 0 saturated carbocycles. The smallest absolute Gasteiger partial charge is 0.163 e. The van der Waals surface area contributed by atoms with Gasteiger partial charge >= 0.3 is 0 Å². The average molecular weight is 285 g/mol. The maximum Gasteiger partial charge on any atom is 0.163 e. The fourth-order valence-corrected chi connectivity index (χ4v) is 2.06. The quantitative estimate of drug-likeness (QED) is 0.829. The summed E-state index contributed by atoms with van der Waals surface area (Å²) in [6, 6.07) is 9.38. The number of halogens is 1. The van der Waals surface area contributed by atoms with E-state index in [2.05, 4.69) is 5.32 Å². The lowest BCUT2D eigenvalue weighted by Gasteiger charge is -2.20. The molecule has 21 heavy (non-hydrogen) atoms. The fourth-order valence-electron chi connectivity index (χ4n) is 2.06. The van der Waals surface area contributed by atoms with E-state index in [0.29, 0.717) is 41.8 Å². The van der Waals surface area contributed by atoms with Crippen LogP contribution in [0.3, 0.4) is 0 Å². The van der Waals surface area contributed by atoms with Gasteiger partial charge in [-0.25, -0.2) is 4.39 Å².